The highest BCUT2D eigenvalue weighted by atomic mass is 16.7. The zero-order valence-corrected chi connectivity index (χ0v) is 12.5. The average Bonchev–Trinajstić information content (AvgIpc) is 3.01. The van der Waals surface area contributed by atoms with E-state index in [4.69, 9.17) is 9.47 Å². The van der Waals surface area contributed by atoms with E-state index in [0.29, 0.717) is 22.7 Å². The molecule has 1 aliphatic heterocycles. The maximum atomic E-state index is 12.3. The highest BCUT2D eigenvalue weighted by Crippen LogP contribution is 2.35. The number of benzene rings is 2. The summed E-state index contributed by atoms with van der Waals surface area (Å²) >= 11 is 0. The molecule has 23 heavy (non-hydrogen) atoms. The van der Waals surface area contributed by atoms with Crippen LogP contribution in [0.1, 0.15) is 22.8 Å². The number of carbonyl (C=O) groups is 2. The Balaban J connectivity index is 1.79. The van der Waals surface area contributed by atoms with Crippen molar-refractivity contribution in [2.75, 3.05) is 12.1 Å². The number of para-hydroxylation sites is 1. The molecule has 5 nitrogen and oxygen atoms in total. The van der Waals surface area contributed by atoms with Gasteiger partial charge in [0.25, 0.3) is 0 Å². The van der Waals surface area contributed by atoms with Gasteiger partial charge in [0.15, 0.2) is 17.3 Å². The topological polar surface area (TPSA) is 64.6 Å². The standard InChI is InChI=1S/C18H15NO4/c1-12(20)19-15-6-2-5-14(10-15)16(21)9-8-13-4-3-7-17-18(13)23-11-22-17/h2-10H,11H2,1H3,(H,19,20)/b9-8+. The molecule has 0 saturated carbocycles. The average molecular weight is 309 g/mol. The van der Waals surface area contributed by atoms with Crippen molar-refractivity contribution in [2.24, 2.45) is 0 Å². The molecule has 0 saturated heterocycles. The van der Waals surface area contributed by atoms with E-state index in [2.05, 4.69) is 5.32 Å². The quantitative estimate of drug-likeness (QED) is 0.695. The van der Waals surface area contributed by atoms with Gasteiger partial charge in [-0.05, 0) is 30.4 Å². The van der Waals surface area contributed by atoms with E-state index in [0.717, 1.165) is 5.56 Å². The first-order valence-electron chi connectivity index (χ1n) is 7.12. The summed E-state index contributed by atoms with van der Waals surface area (Å²) in [6.07, 6.45) is 3.17. The van der Waals surface area contributed by atoms with Crippen LogP contribution in [0.2, 0.25) is 0 Å². The maximum absolute atomic E-state index is 12.3. The third-order valence-corrected chi connectivity index (χ3v) is 3.31. The van der Waals surface area contributed by atoms with Gasteiger partial charge in [-0.2, -0.15) is 0 Å². The number of carbonyl (C=O) groups excluding carboxylic acids is 2. The Labute approximate surface area is 133 Å². The van der Waals surface area contributed by atoms with Crippen LogP contribution in [-0.2, 0) is 4.79 Å². The zero-order chi connectivity index (χ0) is 16.2. The minimum absolute atomic E-state index is 0.159. The van der Waals surface area contributed by atoms with Crippen LogP contribution in [0.4, 0.5) is 5.69 Å². The molecule has 0 unspecified atom stereocenters. The SMILES string of the molecule is CC(=O)Nc1cccc(C(=O)/C=C/c2cccc3c2OCO3)c1. The van der Waals surface area contributed by atoms with E-state index in [1.807, 2.05) is 18.2 Å². The van der Waals surface area contributed by atoms with Crippen LogP contribution in [0.3, 0.4) is 0 Å². The number of hydrogen-bond donors (Lipinski definition) is 1. The Morgan fingerprint density at radius 2 is 1.96 bits per heavy atom. The van der Waals surface area contributed by atoms with E-state index in [1.54, 1.807) is 30.3 Å². The van der Waals surface area contributed by atoms with Crippen molar-refractivity contribution >= 4 is 23.5 Å². The second-order valence-corrected chi connectivity index (χ2v) is 5.04. The van der Waals surface area contributed by atoms with Crippen molar-refractivity contribution in [3.05, 3.63) is 59.7 Å². The molecule has 2 aromatic carbocycles. The zero-order valence-electron chi connectivity index (χ0n) is 12.5. The summed E-state index contributed by atoms with van der Waals surface area (Å²) in [6.45, 7) is 1.61. The molecule has 0 atom stereocenters. The number of ketones is 1. The van der Waals surface area contributed by atoms with Crippen LogP contribution in [0.5, 0.6) is 11.5 Å². The van der Waals surface area contributed by atoms with Crippen LogP contribution in [0.25, 0.3) is 6.08 Å². The lowest BCUT2D eigenvalue weighted by Gasteiger charge is -2.03. The van der Waals surface area contributed by atoms with Crippen molar-refractivity contribution in [1.82, 2.24) is 0 Å². The molecule has 1 heterocycles. The van der Waals surface area contributed by atoms with Crippen LogP contribution >= 0.6 is 0 Å². The lowest BCUT2D eigenvalue weighted by atomic mass is 10.1. The number of fused-ring (bicyclic) bond motifs is 1. The molecule has 0 spiro atoms. The minimum atomic E-state index is -0.179. The van der Waals surface area contributed by atoms with E-state index in [-0.39, 0.29) is 18.5 Å². The number of anilines is 1. The van der Waals surface area contributed by atoms with Crippen molar-refractivity contribution in [3.63, 3.8) is 0 Å². The van der Waals surface area contributed by atoms with E-state index >= 15 is 0 Å². The molecule has 0 radical (unpaired) electrons. The highest BCUT2D eigenvalue weighted by molar-refractivity contribution is 6.07. The molecule has 3 rings (SSSR count). The fraction of sp³-hybridized carbons (Fsp3) is 0.111. The van der Waals surface area contributed by atoms with Gasteiger partial charge in [0.2, 0.25) is 12.7 Å². The molecule has 0 aliphatic carbocycles. The van der Waals surface area contributed by atoms with Crippen molar-refractivity contribution < 1.29 is 19.1 Å². The number of hydrogen-bond acceptors (Lipinski definition) is 4. The molecule has 1 N–H and O–H groups in total. The summed E-state index contributed by atoms with van der Waals surface area (Å²) in [5, 5.41) is 2.66. The van der Waals surface area contributed by atoms with E-state index < -0.39 is 0 Å². The number of nitrogens with one attached hydrogen (secondary N) is 1. The Hall–Kier alpha value is -3.08. The van der Waals surface area contributed by atoms with Crippen LogP contribution in [0.15, 0.2) is 48.5 Å². The fourth-order valence-corrected chi connectivity index (χ4v) is 2.30. The lowest BCUT2D eigenvalue weighted by Crippen LogP contribution is -2.06. The molecule has 116 valence electrons. The molecule has 1 amide bonds. The normalized spacial score (nSPS) is 12.4. The van der Waals surface area contributed by atoms with Crippen molar-refractivity contribution in [3.8, 4) is 11.5 Å². The Kier molecular flexibility index (Phi) is 4.10. The van der Waals surface area contributed by atoms with Gasteiger partial charge in [-0.15, -0.1) is 0 Å². The van der Waals surface area contributed by atoms with Gasteiger partial charge in [-0.25, -0.2) is 0 Å². The summed E-state index contributed by atoms with van der Waals surface area (Å²) in [7, 11) is 0. The third kappa shape index (κ3) is 3.40. The maximum Gasteiger partial charge on any atom is 0.231 e. The van der Waals surface area contributed by atoms with Gasteiger partial charge in [-0.3, -0.25) is 9.59 Å². The summed E-state index contributed by atoms with van der Waals surface area (Å²) in [4.78, 5) is 23.4. The van der Waals surface area contributed by atoms with Gasteiger partial charge in [0, 0.05) is 23.7 Å². The molecule has 0 bridgehead atoms. The number of ether oxygens (including phenoxy) is 2. The lowest BCUT2D eigenvalue weighted by molar-refractivity contribution is -0.114. The van der Waals surface area contributed by atoms with Crippen LogP contribution < -0.4 is 14.8 Å². The summed E-state index contributed by atoms with van der Waals surface area (Å²) in [5.41, 5.74) is 1.87. The van der Waals surface area contributed by atoms with Gasteiger partial charge >= 0.3 is 0 Å². The fourth-order valence-electron chi connectivity index (χ4n) is 2.30. The van der Waals surface area contributed by atoms with Gasteiger partial charge in [0.05, 0.1) is 0 Å². The molecular weight excluding hydrogens is 294 g/mol. The highest BCUT2D eigenvalue weighted by Gasteiger charge is 2.15. The molecule has 1 aliphatic rings. The van der Waals surface area contributed by atoms with E-state index in [9.17, 15) is 9.59 Å². The largest absolute Gasteiger partial charge is 0.454 e. The predicted octanol–water partition coefficient (Wildman–Crippen LogP) is 3.27. The first-order valence-corrected chi connectivity index (χ1v) is 7.12. The van der Waals surface area contributed by atoms with E-state index in [1.165, 1.54) is 13.0 Å². The number of allylic oxidation sites excluding steroid dienone is 1. The van der Waals surface area contributed by atoms with Gasteiger partial charge in [0.1, 0.15) is 0 Å². The second kappa shape index (κ2) is 6.36. The third-order valence-electron chi connectivity index (χ3n) is 3.31. The molecular formula is C18H15NO4. The summed E-state index contributed by atoms with van der Waals surface area (Å²) in [5.74, 6) is 0.978. The predicted molar refractivity (Wildman–Crippen MR) is 86.7 cm³/mol. The first kappa shape index (κ1) is 14.8. The Morgan fingerprint density at radius 1 is 1.13 bits per heavy atom. The van der Waals surface area contributed by atoms with Crippen molar-refractivity contribution in [2.45, 2.75) is 6.92 Å². The minimum Gasteiger partial charge on any atom is -0.454 e. The smallest absolute Gasteiger partial charge is 0.231 e. The Morgan fingerprint density at radius 3 is 2.78 bits per heavy atom. The molecule has 0 aromatic heterocycles. The van der Waals surface area contributed by atoms with Crippen LogP contribution in [-0.4, -0.2) is 18.5 Å². The Bertz CT molecular complexity index is 795. The molecule has 5 heteroatoms. The number of rotatable bonds is 4. The van der Waals surface area contributed by atoms with Crippen molar-refractivity contribution in [1.29, 1.82) is 0 Å². The van der Waals surface area contributed by atoms with Crippen LogP contribution in [0, 0.1) is 0 Å². The first-order chi connectivity index (χ1) is 11.1. The van der Waals surface area contributed by atoms with Gasteiger partial charge in [-0.1, -0.05) is 24.3 Å². The molecule has 2 aromatic rings. The molecule has 0 fully saturated rings. The summed E-state index contributed by atoms with van der Waals surface area (Å²) in [6, 6.07) is 12.3. The second-order valence-electron chi connectivity index (χ2n) is 5.04. The summed E-state index contributed by atoms with van der Waals surface area (Å²) < 4.78 is 10.7. The monoisotopic (exact) mass is 309 g/mol. The van der Waals surface area contributed by atoms with Gasteiger partial charge < -0.3 is 14.8 Å². The number of amides is 1.